The predicted octanol–water partition coefficient (Wildman–Crippen LogP) is -0.0998. The van der Waals surface area contributed by atoms with Gasteiger partial charge in [-0.1, -0.05) is 6.92 Å². The van der Waals surface area contributed by atoms with Crippen molar-refractivity contribution >= 4 is 17.7 Å². The topological polar surface area (TPSA) is 44.4 Å². The summed E-state index contributed by atoms with van der Waals surface area (Å²) in [7, 11) is 0. The third kappa shape index (κ3) is 2.21. The Labute approximate surface area is 102 Å². The number of carbonyl (C=O) groups excluding carboxylic acids is 1. The van der Waals surface area contributed by atoms with Crippen LogP contribution in [0.15, 0.2) is 0 Å². The molecule has 16 heavy (non-hydrogen) atoms. The van der Waals surface area contributed by atoms with Crippen molar-refractivity contribution < 1.29 is 4.79 Å². The third-order valence-corrected chi connectivity index (χ3v) is 4.70. The van der Waals surface area contributed by atoms with Crippen molar-refractivity contribution in [3.8, 4) is 0 Å². The van der Waals surface area contributed by atoms with E-state index in [-0.39, 0.29) is 11.9 Å². The highest BCUT2D eigenvalue weighted by Gasteiger charge is 2.38. The molecule has 0 spiro atoms. The summed E-state index contributed by atoms with van der Waals surface area (Å²) >= 11 is 1.91. The third-order valence-electron chi connectivity index (χ3n) is 3.62. The zero-order chi connectivity index (χ0) is 11.5. The lowest BCUT2D eigenvalue weighted by atomic mass is 10.1. The fourth-order valence-electron chi connectivity index (χ4n) is 2.76. The highest BCUT2D eigenvalue weighted by atomic mass is 32.2. The fourth-order valence-corrected chi connectivity index (χ4v) is 3.61. The van der Waals surface area contributed by atoms with E-state index < -0.39 is 0 Å². The summed E-state index contributed by atoms with van der Waals surface area (Å²) in [6.45, 7) is 5.98. The van der Waals surface area contributed by atoms with Crippen LogP contribution in [0.2, 0.25) is 0 Å². The first kappa shape index (κ1) is 12.2. The molecule has 0 aromatic heterocycles. The molecule has 2 N–H and O–H groups in total. The molecular weight excluding hydrogens is 222 g/mol. The highest BCUT2D eigenvalue weighted by Crippen LogP contribution is 2.23. The van der Waals surface area contributed by atoms with Crippen molar-refractivity contribution in [1.29, 1.82) is 0 Å². The number of carbonyl (C=O) groups is 1. The van der Waals surface area contributed by atoms with Crippen LogP contribution in [0.3, 0.4) is 0 Å². The van der Waals surface area contributed by atoms with Gasteiger partial charge < -0.3 is 10.6 Å². The van der Waals surface area contributed by atoms with Gasteiger partial charge in [-0.2, -0.15) is 11.8 Å². The van der Waals surface area contributed by atoms with Gasteiger partial charge in [0, 0.05) is 37.5 Å². The van der Waals surface area contributed by atoms with Gasteiger partial charge in [-0.3, -0.25) is 9.69 Å². The first-order chi connectivity index (χ1) is 7.77. The van der Waals surface area contributed by atoms with E-state index in [0.29, 0.717) is 11.3 Å². The number of nitrogens with one attached hydrogen (secondary N) is 2. The maximum absolute atomic E-state index is 11.8. The summed E-state index contributed by atoms with van der Waals surface area (Å²) in [4.78, 5) is 14.2. The van der Waals surface area contributed by atoms with Crippen LogP contribution in [-0.4, -0.2) is 60.6 Å². The summed E-state index contributed by atoms with van der Waals surface area (Å²) in [5, 5.41) is 7.02. The number of thioether (sulfide) groups is 1. The van der Waals surface area contributed by atoms with Gasteiger partial charge >= 0.3 is 0 Å². The van der Waals surface area contributed by atoms with Crippen LogP contribution in [0.4, 0.5) is 0 Å². The maximum Gasteiger partial charge on any atom is 0.237 e. The number of hydrogen-bond donors (Lipinski definition) is 2. The minimum atomic E-state index is 0.0771. The second-order valence-corrected chi connectivity index (χ2v) is 5.53. The van der Waals surface area contributed by atoms with E-state index in [1.807, 2.05) is 11.8 Å². The van der Waals surface area contributed by atoms with Gasteiger partial charge in [0.1, 0.15) is 0 Å². The molecule has 2 aliphatic heterocycles. The molecule has 2 rings (SSSR count). The summed E-state index contributed by atoms with van der Waals surface area (Å²) in [5.74, 6) is 0.209. The highest BCUT2D eigenvalue weighted by molar-refractivity contribution is 7.99. The van der Waals surface area contributed by atoms with Crippen molar-refractivity contribution in [2.75, 3.05) is 32.4 Å². The van der Waals surface area contributed by atoms with Crippen LogP contribution in [0.25, 0.3) is 0 Å². The van der Waals surface area contributed by atoms with Gasteiger partial charge in [-0.05, 0) is 12.7 Å². The standard InChI is InChI=1S/C11H21N3OS/c1-3-8-11(15)13-4-5-14(8)9-6-12-7-10(9)16-2/h8-10,12H,3-7H2,1-2H3,(H,13,15). The molecule has 0 saturated carbocycles. The van der Waals surface area contributed by atoms with Crippen molar-refractivity contribution in [3.63, 3.8) is 0 Å². The fraction of sp³-hybridized carbons (Fsp3) is 0.909. The molecule has 2 aliphatic rings. The molecule has 3 unspecified atom stereocenters. The Kier molecular flexibility index (Phi) is 4.10. The lowest BCUT2D eigenvalue weighted by Gasteiger charge is -2.40. The van der Waals surface area contributed by atoms with Crippen LogP contribution in [0.1, 0.15) is 13.3 Å². The molecule has 92 valence electrons. The Bertz CT molecular complexity index is 262. The monoisotopic (exact) mass is 243 g/mol. The Hall–Kier alpha value is -0.260. The van der Waals surface area contributed by atoms with Gasteiger partial charge in [-0.25, -0.2) is 0 Å². The molecule has 0 bridgehead atoms. The van der Waals surface area contributed by atoms with Gasteiger partial charge in [0.05, 0.1) is 6.04 Å². The Morgan fingerprint density at radius 3 is 3.00 bits per heavy atom. The summed E-state index contributed by atoms with van der Waals surface area (Å²) in [6, 6.07) is 0.597. The smallest absolute Gasteiger partial charge is 0.237 e. The lowest BCUT2D eigenvalue weighted by molar-refractivity contribution is -0.130. The van der Waals surface area contributed by atoms with Gasteiger partial charge in [0.25, 0.3) is 0 Å². The largest absolute Gasteiger partial charge is 0.353 e. The second kappa shape index (κ2) is 5.38. The number of nitrogens with zero attached hydrogens (tertiary/aromatic N) is 1. The molecule has 0 aliphatic carbocycles. The van der Waals surface area contributed by atoms with E-state index in [1.165, 1.54) is 0 Å². The zero-order valence-electron chi connectivity index (χ0n) is 10.0. The molecule has 1 amide bonds. The molecule has 0 radical (unpaired) electrons. The minimum Gasteiger partial charge on any atom is -0.353 e. The molecule has 4 nitrogen and oxygen atoms in total. The van der Waals surface area contributed by atoms with E-state index in [4.69, 9.17) is 0 Å². The molecule has 3 atom stereocenters. The van der Waals surface area contributed by atoms with Crippen molar-refractivity contribution in [2.24, 2.45) is 0 Å². The quantitative estimate of drug-likeness (QED) is 0.726. The van der Waals surface area contributed by atoms with E-state index >= 15 is 0 Å². The number of hydrogen-bond acceptors (Lipinski definition) is 4. The van der Waals surface area contributed by atoms with Crippen LogP contribution < -0.4 is 10.6 Å². The van der Waals surface area contributed by atoms with Gasteiger partial charge in [0.2, 0.25) is 5.91 Å². The molecule has 5 heteroatoms. The molecule has 0 aromatic rings. The van der Waals surface area contributed by atoms with Crippen molar-refractivity contribution in [2.45, 2.75) is 30.7 Å². The number of amides is 1. The summed E-state index contributed by atoms with van der Waals surface area (Å²) in [5.41, 5.74) is 0. The van der Waals surface area contributed by atoms with Crippen molar-refractivity contribution in [3.05, 3.63) is 0 Å². The Morgan fingerprint density at radius 1 is 1.50 bits per heavy atom. The van der Waals surface area contributed by atoms with Crippen LogP contribution in [-0.2, 0) is 4.79 Å². The molecule has 2 saturated heterocycles. The number of piperazine rings is 1. The van der Waals surface area contributed by atoms with Crippen molar-refractivity contribution in [1.82, 2.24) is 15.5 Å². The SMILES string of the molecule is CCC1C(=O)NCCN1C1CNCC1SC. The molecular formula is C11H21N3OS. The first-order valence-electron chi connectivity index (χ1n) is 6.05. The predicted molar refractivity (Wildman–Crippen MR) is 67.8 cm³/mol. The van der Waals surface area contributed by atoms with E-state index in [2.05, 4.69) is 28.7 Å². The Morgan fingerprint density at radius 2 is 2.31 bits per heavy atom. The maximum atomic E-state index is 11.8. The first-order valence-corrected chi connectivity index (χ1v) is 7.33. The van der Waals surface area contributed by atoms with E-state index in [1.54, 1.807) is 0 Å². The Balaban J connectivity index is 2.08. The van der Waals surface area contributed by atoms with E-state index in [0.717, 1.165) is 32.6 Å². The normalized spacial score (nSPS) is 36.4. The summed E-state index contributed by atoms with van der Waals surface area (Å²) < 4.78 is 0. The minimum absolute atomic E-state index is 0.0771. The zero-order valence-corrected chi connectivity index (χ0v) is 10.8. The number of rotatable bonds is 3. The average Bonchev–Trinajstić information content (AvgIpc) is 2.76. The average molecular weight is 243 g/mol. The summed E-state index contributed by atoms with van der Waals surface area (Å²) in [6.07, 6.45) is 3.07. The van der Waals surface area contributed by atoms with Crippen LogP contribution in [0.5, 0.6) is 0 Å². The second-order valence-electron chi connectivity index (χ2n) is 4.45. The molecule has 0 aromatic carbocycles. The van der Waals surface area contributed by atoms with Crippen LogP contribution >= 0.6 is 11.8 Å². The van der Waals surface area contributed by atoms with Gasteiger partial charge in [-0.15, -0.1) is 0 Å². The molecule has 2 heterocycles. The van der Waals surface area contributed by atoms with Crippen LogP contribution in [0, 0.1) is 0 Å². The van der Waals surface area contributed by atoms with E-state index in [9.17, 15) is 4.79 Å². The molecule has 2 fully saturated rings. The lowest BCUT2D eigenvalue weighted by Crippen LogP contribution is -2.60. The van der Waals surface area contributed by atoms with Gasteiger partial charge in [0.15, 0.2) is 0 Å².